The summed E-state index contributed by atoms with van der Waals surface area (Å²) in [6.45, 7) is 0. The summed E-state index contributed by atoms with van der Waals surface area (Å²) in [4.78, 5) is 8.04. The molecule has 0 atom stereocenters. The molecule has 0 radical (unpaired) electrons. The van der Waals surface area contributed by atoms with Crippen LogP contribution in [0.5, 0.6) is 0 Å². The molecule has 5 nitrogen and oxygen atoms in total. The van der Waals surface area contributed by atoms with Crippen LogP contribution in [0.2, 0.25) is 0 Å². The van der Waals surface area contributed by atoms with Crippen LogP contribution in [-0.2, 0) is 9.84 Å². The standard InChI is InChI=1S/C8H13N3O2S/c1-11(2)6-3-7-14(12,13)8-9-4-5-10-8/h3-6H,7H2,1-2H3,(H,9,10). The van der Waals surface area contributed by atoms with Gasteiger partial charge in [0.25, 0.3) is 0 Å². The number of H-pyrrole nitrogens is 1. The van der Waals surface area contributed by atoms with E-state index in [2.05, 4.69) is 9.97 Å². The molecule has 0 aliphatic heterocycles. The summed E-state index contributed by atoms with van der Waals surface area (Å²) >= 11 is 0. The lowest BCUT2D eigenvalue weighted by Crippen LogP contribution is -2.08. The van der Waals surface area contributed by atoms with Crippen LogP contribution in [0.3, 0.4) is 0 Å². The van der Waals surface area contributed by atoms with Crippen molar-refractivity contribution in [2.75, 3.05) is 19.8 Å². The summed E-state index contributed by atoms with van der Waals surface area (Å²) in [6.07, 6.45) is 6.18. The first-order valence-corrected chi connectivity index (χ1v) is 5.73. The summed E-state index contributed by atoms with van der Waals surface area (Å²) in [5.74, 6) is -0.0430. The third kappa shape index (κ3) is 2.88. The molecule has 1 N–H and O–H groups in total. The zero-order valence-electron chi connectivity index (χ0n) is 8.14. The highest BCUT2D eigenvalue weighted by Crippen LogP contribution is 2.03. The van der Waals surface area contributed by atoms with Gasteiger partial charge in [-0.1, -0.05) is 6.08 Å². The van der Waals surface area contributed by atoms with E-state index in [0.717, 1.165) is 0 Å². The maximum absolute atomic E-state index is 11.5. The largest absolute Gasteiger partial charge is 0.384 e. The smallest absolute Gasteiger partial charge is 0.225 e. The van der Waals surface area contributed by atoms with Crippen molar-refractivity contribution in [3.63, 3.8) is 0 Å². The normalized spacial score (nSPS) is 12.1. The van der Waals surface area contributed by atoms with Gasteiger partial charge in [0, 0.05) is 26.5 Å². The van der Waals surface area contributed by atoms with Crippen LogP contribution in [0, 0.1) is 0 Å². The number of rotatable bonds is 4. The molecular weight excluding hydrogens is 202 g/mol. The number of aromatic amines is 1. The lowest BCUT2D eigenvalue weighted by atomic mass is 10.6. The lowest BCUT2D eigenvalue weighted by Gasteiger charge is -2.02. The Morgan fingerprint density at radius 3 is 2.79 bits per heavy atom. The highest BCUT2D eigenvalue weighted by atomic mass is 32.2. The van der Waals surface area contributed by atoms with Crippen LogP contribution in [0.25, 0.3) is 0 Å². The second-order valence-electron chi connectivity index (χ2n) is 3.02. The topological polar surface area (TPSA) is 66.1 Å². The maximum Gasteiger partial charge on any atom is 0.225 e. The summed E-state index contributed by atoms with van der Waals surface area (Å²) in [7, 11) is 0.366. The molecule has 6 heteroatoms. The van der Waals surface area contributed by atoms with Crippen molar-refractivity contribution >= 4 is 9.84 Å². The molecule has 0 aliphatic carbocycles. The first kappa shape index (κ1) is 10.8. The first-order valence-electron chi connectivity index (χ1n) is 4.07. The van der Waals surface area contributed by atoms with Crippen molar-refractivity contribution in [1.82, 2.24) is 14.9 Å². The van der Waals surface area contributed by atoms with Gasteiger partial charge in [0.15, 0.2) is 0 Å². The van der Waals surface area contributed by atoms with Gasteiger partial charge in [-0.15, -0.1) is 0 Å². The van der Waals surface area contributed by atoms with Gasteiger partial charge in [-0.05, 0) is 6.20 Å². The Labute approximate surface area is 83.4 Å². The monoisotopic (exact) mass is 215 g/mol. The number of hydrogen-bond donors (Lipinski definition) is 1. The fourth-order valence-electron chi connectivity index (χ4n) is 0.880. The van der Waals surface area contributed by atoms with E-state index in [4.69, 9.17) is 0 Å². The van der Waals surface area contributed by atoms with E-state index in [1.165, 1.54) is 12.4 Å². The third-order valence-electron chi connectivity index (χ3n) is 1.49. The van der Waals surface area contributed by atoms with Crippen molar-refractivity contribution in [2.24, 2.45) is 0 Å². The van der Waals surface area contributed by atoms with Crippen LogP contribution in [0.15, 0.2) is 29.8 Å². The van der Waals surface area contributed by atoms with E-state index in [9.17, 15) is 8.42 Å². The van der Waals surface area contributed by atoms with E-state index < -0.39 is 9.84 Å². The van der Waals surface area contributed by atoms with Gasteiger partial charge in [0.05, 0.1) is 5.75 Å². The molecule has 0 saturated carbocycles. The van der Waals surface area contributed by atoms with E-state index in [1.807, 2.05) is 14.1 Å². The molecule has 78 valence electrons. The fraction of sp³-hybridized carbons (Fsp3) is 0.375. The van der Waals surface area contributed by atoms with Crippen LogP contribution in [0.1, 0.15) is 0 Å². The van der Waals surface area contributed by atoms with Gasteiger partial charge in [-0.25, -0.2) is 13.4 Å². The molecule has 0 amide bonds. The Balaban J connectivity index is 2.70. The molecule has 1 heterocycles. The van der Waals surface area contributed by atoms with E-state index in [0.29, 0.717) is 0 Å². The molecule has 1 rings (SSSR count). The molecule has 0 fully saturated rings. The molecule has 14 heavy (non-hydrogen) atoms. The third-order valence-corrected chi connectivity index (χ3v) is 2.93. The summed E-state index contributed by atoms with van der Waals surface area (Å²) < 4.78 is 23.0. The molecular formula is C8H13N3O2S. The Morgan fingerprint density at radius 2 is 2.29 bits per heavy atom. The van der Waals surface area contributed by atoms with E-state index in [1.54, 1.807) is 17.2 Å². The molecule has 0 spiro atoms. The van der Waals surface area contributed by atoms with Crippen molar-refractivity contribution < 1.29 is 8.42 Å². The fourth-order valence-corrected chi connectivity index (χ4v) is 1.85. The number of imidazole rings is 1. The quantitative estimate of drug-likeness (QED) is 0.782. The number of nitrogens with one attached hydrogen (secondary N) is 1. The average Bonchev–Trinajstić information content (AvgIpc) is 2.54. The number of nitrogens with zero attached hydrogens (tertiary/aromatic N) is 2. The molecule has 0 aromatic carbocycles. The van der Waals surface area contributed by atoms with Crippen molar-refractivity contribution in [3.05, 3.63) is 24.7 Å². The summed E-state index contributed by atoms with van der Waals surface area (Å²) in [5.41, 5.74) is 0. The summed E-state index contributed by atoms with van der Waals surface area (Å²) in [6, 6.07) is 0. The second kappa shape index (κ2) is 4.28. The van der Waals surface area contributed by atoms with E-state index in [-0.39, 0.29) is 10.9 Å². The zero-order chi connectivity index (χ0) is 10.6. The molecule has 0 saturated heterocycles. The van der Waals surface area contributed by atoms with Crippen LogP contribution >= 0.6 is 0 Å². The zero-order valence-corrected chi connectivity index (χ0v) is 8.95. The van der Waals surface area contributed by atoms with Crippen molar-refractivity contribution in [1.29, 1.82) is 0 Å². The molecule has 0 unspecified atom stereocenters. The number of aromatic nitrogens is 2. The van der Waals surface area contributed by atoms with E-state index >= 15 is 0 Å². The van der Waals surface area contributed by atoms with Gasteiger partial charge in [-0.2, -0.15) is 0 Å². The second-order valence-corrected chi connectivity index (χ2v) is 4.97. The van der Waals surface area contributed by atoms with Gasteiger partial charge >= 0.3 is 0 Å². The predicted octanol–water partition coefficient (Wildman–Crippen LogP) is 0.259. The Hall–Kier alpha value is -1.30. The Bertz CT molecular complexity index is 392. The van der Waals surface area contributed by atoms with Gasteiger partial charge in [0.2, 0.25) is 15.0 Å². The van der Waals surface area contributed by atoms with Crippen LogP contribution in [0.4, 0.5) is 0 Å². The first-order chi connectivity index (χ1) is 6.52. The van der Waals surface area contributed by atoms with Crippen molar-refractivity contribution in [2.45, 2.75) is 5.16 Å². The number of hydrogen-bond acceptors (Lipinski definition) is 4. The highest BCUT2D eigenvalue weighted by molar-refractivity contribution is 7.91. The van der Waals surface area contributed by atoms with Crippen molar-refractivity contribution in [3.8, 4) is 0 Å². The number of sulfone groups is 1. The SMILES string of the molecule is CN(C)C=CCS(=O)(=O)c1ncc[nH]1. The molecule has 1 aromatic rings. The molecule has 1 aromatic heterocycles. The minimum Gasteiger partial charge on any atom is -0.384 e. The maximum atomic E-state index is 11.5. The minimum absolute atomic E-state index is 0.0147. The van der Waals surface area contributed by atoms with Gasteiger partial charge in [-0.3, -0.25) is 0 Å². The van der Waals surface area contributed by atoms with Crippen LogP contribution < -0.4 is 0 Å². The Kier molecular flexibility index (Phi) is 3.29. The lowest BCUT2D eigenvalue weighted by molar-refractivity contribution is 0.561. The van der Waals surface area contributed by atoms with Gasteiger partial charge in [0.1, 0.15) is 0 Å². The summed E-state index contributed by atoms with van der Waals surface area (Å²) in [5, 5.41) is 0.0147. The van der Waals surface area contributed by atoms with Gasteiger partial charge < -0.3 is 9.88 Å². The average molecular weight is 215 g/mol. The molecule has 0 aliphatic rings. The minimum atomic E-state index is -3.29. The Morgan fingerprint density at radius 1 is 1.57 bits per heavy atom. The molecule has 0 bridgehead atoms. The predicted molar refractivity (Wildman–Crippen MR) is 53.5 cm³/mol. The highest BCUT2D eigenvalue weighted by Gasteiger charge is 2.14. The van der Waals surface area contributed by atoms with Crippen LogP contribution in [-0.4, -0.2) is 43.1 Å².